The first-order valence-electron chi connectivity index (χ1n) is 14.6. The fraction of sp³-hybridized carbons (Fsp3) is 0.533. The van der Waals surface area contributed by atoms with Crippen molar-refractivity contribution in [2.75, 3.05) is 17.1 Å². The summed E-state index contributed by atoms with van der Waals surface area (Å²) in [4.78, 5) is 26.0. The Morgan fingerprint density at radius 3 is 2.38 bits per heavy atom. The van der Waals surface area contributed by atoms with Crippen LogP contribution in [0.2, 0.25) is 0 Å². The molecule has 2 aliphatic carbocycles. The standard InChI is InChI=1S/C30H40N6O5S/c1-6-18-15-19(24-13-14-25(34-27(24)40-5)36-42(38,39)23-11-12-23)16-20-17-31-28(35-26(18)20)32-21-7-9-22(10-8-21)33-29(37)41-30(2,3)4/h13-17,21-23H,6-12H2,1-5H3,(H,33,37)(H,34,36)(H,31,32,35). The molecular formula is C30H40N6O5S. The van der Waals surface area contributed by atoms with Gasteiger partial charge in [-0.3, -0.25) is 4.72 Å². The molecule has 2 fully saturated rings. The minimum atomic E-state index is -3.42. The van der Waals surface area contributed by atoms with Crippen molar-refractivity contribution in [1.29, 1.82) is 0 Å². The van der Waals surface area contributed by atoms with Crippen molar-refractivity contribution in [3.05, 3.63) is 36.0 Å². The van der Waals surface area contributed by atoms with Crippen LogP contribution in [0.3, 0.4) is 0 Å². The minimum absolute atomic E-state index is 0.0967. The Balaban J connectivity index is 1.28. The van der Waals surface area contributed by atoms with E-state index in [9.17, 15) is 13.2 Å². The molecule has 0 spiro atoms. The molecule has 0 atom stereocenters. The van der Waals surface area contributed by atoms with Crippen LogP contribution in [-0.2, 0) is 21.2 Å². The Labute approximate surface area is 247 Å². The zero-order valence-corrected chi connectivity index (χ0v) is 25.7. The zero-order valence-electron chi connectivity index (χ0n) is 24.9. The highest BCUT2D eigenvalue weighted by Crippen LogP contribution is 2.35. The van der Waals surface area contributed by atoms with E-state index in [2.05, 4.69) is 38.3 Å². The van der Waals surface area contributed by atoms with Gasteiger partial charge < -0.3 is 20.1 Å². The van der Waals surface area contributed by atoms with Crippen molar-refractivity contribution in [3.8, 4) is 17.0 Å². The number of hydrogen-bond donors (Lipinski definition) is 3. The summed E-state index contributed by atoms with van der Waals surface area (Å²) in [6, 6.07) is 7.87. The van der Waals surface area contributed by atoms with Crippen LogP contribution >= 0.6 is 0 Å². The van der Waals surface area contributed by atoms with E-state index >= 15 is 0 Å². The maximum atomic E-state index is 12.4. The fourth-order valence-electron chi connectivity index (χ4n) is 5.23. The predicted molar refractivity (Wildman–Crippen MR) is 163 cm³/mol. The highest BCUT2D eigenvalue weighted by atomic mass is 32.2. The van der Waals surface area contributed by atoms with Crippen LogP contribution < -0.4 is 20.1 Å². The first kappa shape index (κ1) is 29.8. The molecule has 0 radical (unpaired) electrons. The summed E-state index contributed by atoms with van der Waals surface area (Å²) in [5, 5.41) is 7.02. The Hall–Kier alpha value is -3.67. The monoisotopic (exact) mass is 596 g/mol. The van der Waals surface area contributed by atoms with Gasteiger partial charge in [-0.2, -0.15) is 4.98 Å². The molecule has 0 saturated heterocycles. The molecule has 3 N–H and O–H groups in total. The number of hydrogen-bond acceptors (Lipinski definition) is 9. The van der Waals surface area contributed by atoms with Crippen molar-refractivity contribution >= 4 is 38.8 Å². The van der Waals surface area contributed by atoms with Crippen molar-refractivity contribution in [1.82, 2.24) is 20.3 Å². The second-order valence-electron chi connectivity index (χ2n) is 12.1. The van der Waals surface area contributed by atoms with Crippen LogP contribution in [0.4, 0.5) is 16.6 Å². The highest BCUT2D eigenvalue weighted by molar-refractivity contribution is 7.93. The molecule has 3 aromatic rings. The average Bonchev–Trinajstić information content (AvgIpc) is 3.79. The van der Waals surface area contributed by atoms with Crippen molar-refractivity contribution in [2.45, 2.75) is 95.6 Å². The molecular weight excluding hydrogens is 556 g/mol. The van der Waals surface area contributed by atoms with E-state index in [0.717, 1.165) is 59.7 Å². The second kappa shape index (κ2) is 11.9. The molecule has 2 aliphatic rings. The van der Waals surface area contributed by atoms with Crippen molar-refractivity contribution < 1.29 is 22.7 Å². The Kier molecular flexibility index (Phi) is 8.45. The van der Waals surface area contributed by atoms with Crippen LogP contribution in [0.15, 0.2) is 30.5 Å². The van der Waals surface area contributed by atoms with Gasteiger partial charge in [-0.25, -0.2) is 23.2 Å². The number of carbonyl (C=O) groups is 1. The molecule has 0 unspecified atom stereocenters. The van der Waals surface area contributed by atoms with Gasteiger partial charge in [0.25, 0.3) is 0 Å². The normalized spacial score (nSPS) is 19.3. The largest absolute Gasteiger partial charge is 0.480 e. The third-order valence-electron chi connectivity index (χ3n) is 7.50. The number of rotatable bonds is 9. The zero-order chi connectivity index (χ0) is 30.1. The number of benzene rings is 1. The molecule has 1 amide bonds. The van der Waals surface area contributed by atoms with Gasteiger partial charge in [0.15, 0.2) is 0 Å². The van der Waals surface area contributed by atoms with Crippen molar-refractivity contribution in [2.24, 2.45) is 0 Å². The number of nitrogens with one attached hydrogen (secondary N) is 3. The molecule has 42 heavy (non-hydrogen) atoms. The first-order valence-corrected chi connectivity index (χ1v) is 16.1. The second-order valence-corrected chi connectivity index (χ2v) is 14.0. The molecule has 11 nitrogen and oxygen atoms in total. The lowest BCUT2D eigenvalue weighted by atomic mass is 9.91. The number of carbonyl (C=O) groups excluding carboxylic acids is 1. The van der Waals surface area contributed by atoms with Crippen LogP contribution in [0.25, 0.3) is 22.0 Å². The number of aryl methyl sites for hydroxylation is 1. The lowest BCUT2D eigenvalue weighted by molar-refractivity contribution is 0.0492. The van der Waals surface area contributed by atoms with Crippen LogP contribution in [0.5, 0.6) is 5.88 Å². The Bertz CT molecular complexity index is 1560. The molecule has 5 rings (SSSR count). The molecule has 12 heteroatoms. The number of amides is 1. The summed E-state index contributed by atoms with van der Waals surface area (Å²) in [7, 11) is -1.90. The van der Waals surface area contributed by atoms with E-state index in [1.165, 1.54) is 7.11 Å². The number of aromatic nitrogens is 3. The summed E-state index contributed by atoms with van der Waals surface area (Å²) in [6.45, 7) is 7.66. The number of anilines is 2. The Morgan fingerprint density at radius 1 is 1.02 bits per heavy atom. The van der Waals surface area contributed by atoms with Gasteiger partial charge in [-0.15, -0.1) is 0 Å². The summed E-state index contributed by atoms with van der Waals surface area (Å²) in [6.07, 6.45) is 7.05. The molecule has 226 valence electrons. The quantitative estimate of drug-likeness (QED) is 0.295. The van der Waals surface area contributed by atoms with Crippen LogP contribution in [-0.4, -0.2) is 59.5 Å². The number of pyridine rings is 1. The molecule has 2 heterocycles. The number of sulfonamides is 1. The van der Waals surface area contributed by atoms with Gasteiger partial charge >= 0.3 is 6.09 Å². The van der Waals surface area contributed by atoms with Crippen LogP contribution in [0.1, 0.15) is 71.8 Å². The number of fused-ring (bicyclic) bond motifs is 1. The van der Waals surface area contributed by atoms with E-state index in [-0.39, 0.29) is 29.2 Å². The third kappa shape index (κ3) is 7.21. The summed E-state index contributed by atoms with van der Waals surface area (Å²) in [5.74, 6) is 1.16. The highest BCUT2D eigenvalue weighted by Gasteiger charge is 2.36. The lowest BCUT2D eigenvalue weighted by Gasteiger charge is -2.30. The SMILES string of the molecule is CCc1cc(-c2ccc(NS(=O)(=O)C3CC3)nc2OC)cc2cnc(NC3CCC(NC(=O)OC(C)(C)C)CC3)nc12. The maximum absolute atomic E-state index is 12.4. The van der Waals surface area contributed by atoms with Crippen LogP contribution in [0, 0.1) is 0 Å². The molecule has 0 aliphatic heterocycles. The molecule has 0 bridgehead atoms. The van der Waals surface area contributed by atoms with Gasteiger partial charge in [0.1, 0.15) is 11.4 Å². The summed E-state index contributed by atoms with van der Waals surface area (Å²) >= 11 is 0. The number of methoxy groups -OCH3 is 1. The van der Waals surface area contributed by atoms with Gasteiger partial charge in [0.2, 0.25) is 21.9 Å². The maximum Gasteiger partial charge on any atom is 0.407 e. The molecule has 2 aromatic heterocycles. The third-order valence-corrected chi connectivity index (χ3v) is 9.34. The van der Waals surface area contributed by atoms with Gasteiger partial charge in [0.05, 0.1) is 17.9 Å². The predicted octanol–water partition coefficient (Wildman–Crippen LogP) is 5.41. The average molecular weight is 597 g/mol. The van der Waals surface area contributed by atoms with E-state index in [0.29, 0.717) is 24.7 Å². The molecule has 2 saturated carbocycles. The topological polar surface area (TPSA) is 144 Å². The lowest BCUT2D eigenvalue weighted by Crippen LogP contribution is -2.42. The number of alkyl carbamates (subject to hydrolysis) is 1. The smallest absolute Gasteiger partial charge is 0.407 e. The van der Waals surface area contributed by atoms with E-state index in [1.807, 2.05) is 39.1 Å². The minimum Gasteiger partial charge on any atom is -0.480 e. The number of ether oxygens (including phenoxy) is 2. The van der Waals surface area contributed by atoms with Gasteiger partial charge in [-0.1, -0.05) is 6.92 Å². The van der Waals surface area contributed by atoms with Crippen molar-refractivity contribution in [3.63, 3.8) is 0 Å². The Morgan fingerprint density at radius 2 is 1.74 bits per heavy atom. The number of nitrogens with zero attached hydrogens (tertiary/aromatic N) is 3. The van der Waals surface area contributed by atoms with E-state index in [1.54, 1.807) is 6.07 Å². The van der Waals surface area contributed by atoms with E-state index < -0.39 is 15.6 Å². The van der Waals surface area contributed by atoms with Gasteiger partial charge in [0, 0.05) is 29.2 Å². The summed E-state index contributed by atoms with van der Waals surface area (Å²) in [5.41, 5.74) is 3.06. The summed E-state index contributed by atoms with van der Waals surface area (Å²) < 4.78 is 38.2. The first-order chi connectivity index (χ1) is 19.9. The fourth-order valence-corrected chi connectivity index (χ4v) is 6.56. The van der Waals surface area contributed by atoms with Gasteiger partial charge in [-0.05, 0) is 101 Å². The van der Waals surface area contributed by atoms with E-state index in [4.69, 9.17) is 14.5 Å². The molecule has 1 aromatic carbocycles.